The van der Waals surface area contributed by atoms with Crippen LogP contribution in [0, 0.1) is 0 Å². The Bertz CT molecular complexity index is 850. The molecule has 2 aromatic carbocycles. The lowest BCUT2D eigenvalue weighted by atomic mass is 10.1. The molecule has 0 heterocycles. The Labute approximate surface area is 168 Å². The molecule has 2 amide bonds. The lowest BCUT2D eigenvalue weighted by molar-refractivity contribution is -0.123. The fraction of sp³-hybridized carbons (Fsp3) is 0.238. The van der Waals surface area contributed by atoms with Crippen LogP contribution in [0.25, 0.3) is 0 Å². The Morgan fingerprint density at radius 3 is 2.38 bits per heavy atom. The Kier molecular flexibility index (Phi) is 8.37. The van der Waals surface area contributed by atoms with Crippen LogP contribution in [0.5, 0.6) is 0 Å². The van der Waals surface area contributed by atoms with E-state index < -0.39 is 24.0 Å². The standard InChI is InChI=1S/C21H23N3O5/c1-3-29-21(27)23-18(13-15-7-5-4-6-8-15)19(25)24-22-14-16-9-11-17(12-10-16)20(26)28-2/h4-12,14,18H,3,13H2,1-2H3,(H,23,27)(H,24,25)/b22-14-/t18-/m1/s1. The average molecular weight is 397 g/mol. The summed E-state index contributed by atoms with van der Waals surface area (Å²) < 4.78 is 9.51. The molecule has 8 nitrogen and oxygen atoms in total. The lowest BCUT2D eigenvalue weighted by Gasteiger charge is -2.16. The third-order valence-electron chi connectivity index (χ3n) is 3.89. The molecule has 0 aromatic heterocycles. The molecule has 29 heavy (non-hydrogen) atoms. The van der Waals surface area contributed by atoms with E-state index in [0.29, 0.717) is 11.1 Å². The maximum Gasteiger partial charge on any atom is 0.407 e. The third-order valence-corrected chi connectivity index (χ3v) is 3.89. The largest absolute Gasteiger partial charge is 0.465 e. The van der Waals surface area contributed by atoms with E-state index in [1.54, 1.807) is 31.2 Å². The lowest BCUT2D eigenvalue weighted by Crippen LogP contribution is -2.47. The summed E-state index contributed by atoms with van der Waals surface area (Å²) in [5, 5.41) is 6.46. The Balaban J connectivity index is 2.01. The minimum atomic E-state index is -0.852. The van der Waals surface area contributed by atoms with Gasteiger partial charge in [-0.05, 0) is 30.2 Å². The van der Waals surface area contributed by atoms with Crippen LogP contribution in [0.2, 0.25) is 0 Å². The van der Waals surface area contributed by atoms with Crippen molar-refractivity contribution in [2.75, 3.05) is 13.7 Å². The van der Waals surface area contributed by atoms with Gasteiger partial charge in [-0.1, -0.05) is 42.5 Å². The second kappa shape index (κ2) is 11.2. The number of ether oxygens (including phenoxy) is 2. The molecule has 0 saturated carbocycles. The summed E-state index contributed by atoms with van der Waals surface area (Å²) in [6.07, 6.45) is 1.04. The van der Waals surface area contributed by atoms with E-state index in [1.807, 2.05) is 30.3 Å². The summed E-state index contributed by atoms with van der Waals surface area (Å²) in [6, 6.07) is 15.0. The SMILES string of the molecule is CCOC(=O)N[C@H](Cc1ccccc1)C(=O)N/N=C\c1ccc(C(=O)OC)cc1. The Morgan fingerprint density at radius 2 is 1.76 bits per heavy atom. The molecular formula is C21H23N3O5. The monoisotopic (exact) mass is 397 g/mol. The highest BCUT2D eigenvalue weighted by atomic mass is 16.5. The maximum absolute atomic E-state index is 12.5. The summed E-state index contributed by atoms with van der Waals surface area (Å²) in [7, 11) is 1.31. The first-order valence-electron chi connectivity index (χ1n) is 9.02. The van der Waals surface area contributed by atoms with Gasteiger partial charge >= 0.3 is 12.1 Å². The van der Waals surface area contributed by atoms with E-state index in [-0.39, 0.29) is 13.0 Å². The number of carbonyl (C=O) groups is 3. The second-order valence-corrected chi connectivity index (χ2v) is 5.95. The number of methoxy groups -OCH3 is 1. The van der Waals surface area contributed by atoms with Crippen molar-refractivity contribution in [2.45, 2.75) is 19.4 Å². The highest BCUT2D eigenvalue weighted by Crippen LogP contribution is 2.05. The normalized spacial score (nSPS) is 11.5. The van der Waals surface area contributed by atoms with Crippen molar-refractivity contribution in [1.29, 1.82) is 0 Å². The number of hydrogen-bond acceptors (Lipinski definition) is 6. The van der Waals surface area contributed by atoms with Crippen molar-refractivity contribution in [1.82, 2.24) is 10.7 Å². The van der Waals surface area contributed by atoms with Crippen molar-refractivity contribution in [3.63, 3.8) is 0 Å². The van der Waals surface area contributed by atoms with Gasteiger partial charge in [0.25, 0.3) is 5.91 Å². The first-order chi connectivity index (χ1) is 14.0. The van der Waals surface area contributed by atoms with Crippen LogP contribution >= 0.6 is 0 Å². The van der Waals surface area contributed by atoms with Crippen LogP contribution in [-0.4, -0.2) is 43.9 Å². The van der Waals surface area contributed by atoms with Gasteiger partial charge in [-0.2, -0.15) is 5.10 Å². The molecule has 0 spiro atoms. The number of alkyl carbamates (subject to hydrolysis) is 1. The third kappa shape index (κ3) is 7.10. The number of hydrogen-bond donors (Lipinski definition) is 2. The highest BCUT2D eigenvalue weighted by Gasteiger charge is 2.21. The summed E-state index contributed by atoms with van der Waals surface area (Å²) in [4.78, 5) is 35.7. The smallest absolute Gasteiger partial charge is 0.407 e. The van der Waals surface area contributed by atoms with Crippen molar-refractivity contribution in [2.24, 2.45) is 5.10 Å². The summed E-state index contributed by atoms with van der Waals surface area (Å²) >= 11 is 0. The summed E-state index contributed by atoms with van der Waals surface area (Å²) in [5.74, 6) is -0.917. The Hall–Kier alpha value is -3.68. The number of rotatable bonds is 8. The molecule has 2 rings (SSSR count). The van der Waals surface area contributed by atoms with Crippen LogP contribution in [0.3, 0.4) is 0 Å². The Morgan fingerprint density at radius 1 is 1.07 bits per heavy atom. The molecule has 0 aliphatic heterocycles. The van der Waals surface area contributed by atoms with Crippen LogP contribution in [0.15, 0.2) is 59.7 Å². The molecular weight excluding hydrogens is 374 g/mol. The second-order valence-electron chi connectivity index (χ2n) is 5.95. The van der Waals surface area contributed by atoms with Crippen LogP contribution < -0.4 is 10.7 Å². The predicted molar refractivity (Wildman–Crippen MR) is 108 cm³/mol. The van der Waals surface area contributed by atoms with Gasteiger partial charge in [0, 0.05) is 6.42 Å². The van der Waals surface area contributed by atoms with Gasteiger partial charge < -0.3 is 14.8 Å². The molecule has 0 saturated heterocycles. The van der Waals surface area contributed by atoms with E-state index in [4.69, 9.17) is 4.74 Å². The van der Waals surface area contributed by atoms with E-state index in [2.05, 4.69) is 20.6 Å². The molecule has 152 valence electrons. The molecule has 1 atom stereocenters. The van der Waals surface area contributed by atoms with E-state index >= 15 is 0 Å². The quantitative estimate of drug-likeness (QED) is 0.404. The van der Waals surface area contributed by atoms with Crippen molar-refractivity contribution in [3.8, 4) is 0 Å². The van der Waals surface area contributed by atoms with Crippen LogP contribution in [-0.2, 0) is 20.7 Å². The molecule has 0 aliphatic rings. The van der Waals surface area contributed by atoms with Crippen LogP contribution in [0.1, 0.15) is 28.4 Å². The van der Waals surface area contributed by atoms with Gasteiger partial charge in [-0.15, -0.1) is 0 Å². The minimum absolute atomic E-state index is 0.200. The molecule has 0 unspecified atom stereocenters. The number of carbonyl (C=O) groups excluding carboxylic acids is 3. The maximum atomic E-state index is 12.5. The fourth-order valence-electron chi connectivity index (χ4n) is 2.45. The minimum Gasteiger partial charge on any atom is -0.465 e. The van der Waals surface area contributed by atoms with Crippen LogP contribution in [0.4, 0.5) is 4.79 Å². The average Bonchev–Trinajstić information content (AvgIpc) is 2.74. The molecule has 0 fully saturated rings. The van der Waals surface area contributed by atoms with Gasteiger partial charge in [-0.25, -0.2) is 15.0 Å². The van der Waals surface area contributed by atoms with Gasteiger partial charge in [0.15, 0.2) is 0 Å². The topological polar surface area (TPSA) is 106 Å². The number of esters is 1. The molecule has 2 aromatic rings. The van der Waals surface area contributed by atoms with Gasteiger partial charge in [0.1, 0.15) is 6.04 Å². The van der Waals surface area contributed by atoms with E-state index in [0.717, 1.165) is 5.56 Å². The summed E-state index contributed by atoms with van der Waals surface area (Å²) in [6.45, 7) is 1.88. The number of hydrazone groups is 1. The number of nitrogens with one attached hydrogen (secondary N) is 2. The van der Waals surface area contributed by atoms with E-state index in [9.17, 15) is 14.4 Å². The predicted octanol–water partition coefficient (Wildman–Crippen LogP) is 2.28. The first kappa shape index (κ1) is 21.6. The summed E-state index contributed by atoms with van der Waals surface area (Å²) in [5.41, 5.74) is 4.39. The number of nitrogens with zero attached hydrogens (tertiary/aromatic N) is 1. The van der Waals surface area contributed by atoms with Crippen molar-refractivity contribution < 1.29 is 23.9 Å². The highest BCUT2D eigenvalue weighted by molar-refractivity contribution is 5.91. The van der Waals surface area contributed by atoms with Gasteiger partial charge in [0.2, 0.25) is 0 Å². The molecule has 8 heteroatoms. The molecule has 0 radical (unpaired) electrons. The molecule has 0 bridgehead atoms. The zero-order chi connectivity index (χ0) is 21.1. The van der Waals surface area contributed by atoms with E-state index in [1.165, 1.54) is 13.3 Å². The van der Waals surface area contributed by atoms with Gasteiger partial charge in [-0.3, -0.25) is 4.79 Å². The first-order valence-corrected chi connectivity index (χ1v) is 9.02. The van der Waals surface area contributed by atoms with Gasteiger partial charge in [0.05, 0.1) is 25.5 Å². The zero-order valence-corrected chi connectivity index (χ0v) is 16.3. The van der Waals surface area contributed by atoms with Crippen molar-refractivity contribution in [3.05, 3.63) is 71.3 Å². The zero-order valence-electron chi connectivity index (χ0n) is 16.3. The van der Waals surface area contributed by atoms with Crippen molar-refractivity contribution >= 4 is 24.2 Å². The molecule has 2 N–H and O–H groups in total. The fourth-order valence-corrected chi connectivity index (χ4v) is 2.45. The number of amides is 2. The number of benzene rings is 2. The molecule has 0 aliphatic carbocycles.